The fraction of sp³-hybridized carbons (Fsp3) is 0.690. The molecule has 0 aliphatic carbocycles. The van der Waals surface area contributed by atoms with Gasteiger partial charge < -0.3 is 20.3 Å². The minimum Gasteiger partial charge on any atom is -0.444 e. The maximum atomic E-state index is 14.0. The van der Waals surface area contributed by atoms with Crippen LogP contribution >= 0.6 is 0 Å². The van der Waals surface area contributed by atoms with Gasteiger partial charge in [-0.2, -0.15) is 0 Å². The van der Waals surface area contributed by atoms with Crippen LogP contribution in [0.2, 0.25) is 0 Å². The number of rotatable bonds is 14. The number of carbonyl (C=O) groups excluding carboxylic acids is 3. The van der Waals surface area contributed by atoms with Crippen molar-refractivity contribution in [2.24, 2.45) is 5.92 Å². The van der Waals surface area contributed by atoms with E-state index in [1.807, 2.05) is 38.1 Å². The van der Waals surface area contributed by atoms with Gasteiger partial charge in [0.2, 0.25) is 11.8 Å². The molecule has 1 aromatic carbocycles. The van der Waals surface area contributed by atoms with E-state index in [0.717, 1.165) is 37.7 Å². The fourth-order valence-electron chi connectivity index (χ4n) is 3.93. The topological polar surface area (TPSA) is 87.7 Å². The number of benzene rings is 1. The van der Waals surface area contributed by atoms with Crippen LogP contribution in [0.3, 0.4) is 0 Å². The molecule has 0 fully saturated rings. The summed E-state index contributed by atoms with van der Waals surface area (Å²) in [5, 5.41) is 5.82. The van der Waals surface area contributed by atoms with Crippen LogP contribution < -0.4 is 10.6 Å². The minimum atomic E-state index is -0.794. The molecule has 0 aromatic heterocycles. The molecule has 0 aliphatic rings. The van der Waals surface area contributed by atoms with Gasteiger partial charge in [0.1, 0.15) is 17.7 Å². The number of carbonyl (C=O) groups is 3. The van der Waals surface area contributed by atoms with Crippen LogP contribution in [0.4, 0.5) is 4.79 Å². The predicted octanol–water partition coefficient (Wildman–Crippen LogP) is 5.77. The highest BCUT2D eigenvalue weighted by Gasteiger charge is 2.36. The van der Waals surface area contributed by atoms with Gasteiger partial charge in [0.15, 0.2) is 0 Å². The molecule has 36 heavy (non-hydrogen) atoms. The number of nitrogens with one attached hydrogen (secondary N) is 2. The van der Waals surface area contributed by atoms with E-state index in [0.29, 0.717) is 19.5 Å². The van der Waals surface area contributed by atoms with Gasteiger partial charge in [-0.25, -0.2) is 4.79 Å². The van der Waals surface area contributed by atoms with Crippen molar-refractivity contribution in [1.82, 2.24) is 15.5 Å². The second-order valence-electron chi connectivity index (χ2n) is 10.9. The summed E-state index contributed by atoms with van der Waals surface area (Å²) in [4.78, 5) is 41.8. The van der Waals surface area contributed by atoms with E-state index >= 15 is 0 Å². The summed E-state index contributed by atoms with van der Waals surface area (Å²) >= 11 is 0. The summed E-state index contributed by atoms with van der Waals surface area (Å²) in [6.07, 6.45) is 4.16. The Morgan fingerprint density at radius 1 is 0.972 bits per heavy atom. The SMILES string of the molecule is CCCCNC(=O)C(c1ccc(CC)cc1)N(CCCC)C(=O)C(CC(C)C)NC(=O)OC(C)(C)C. The first kappa shape index (κ1) is 31.5. The molecule has 0 saturated carbocycles. The highest BCUT2D eigenvalue weighted by molar-refractivity contribution is 5.92. The number of hydrogen-bond donors (Lipinski definition) is 2. The smallest absolute Gasteiger partial charge is 0.408 e. The molecular formula is C29H49N3O4. The molecule has 2 unspecified atom stereocenters. The summed E-state index contributed by atoms with van der Waals surface area (Å²) in [6.45, 7) is 16.6. The lowest BCUT2D eigenvalue weighted by Crippen LogP contribution is -2.53. The van der Waals surface area contributed by atoms with Crippen LogP contribution in [0.15, 0.2) is 24.3 Å². The second kappa shape index (κ2) is 15.5. The van der Waals surface area contributed by atoms with Gasteiger partial charge in [-0.3, -0.25) is 9.59 Å². The summed E-state index contributed by atoms with van der Waals surface area (Å²) in [5.74, 6) is -0.307. The lowest BCUT2D eigenvalue weighted by Gasteiger charge is -2.35. The molecule has 0 radical (unpaired) electrons. The maximum absolute atomic E-state index is 14.0. The normalized spacial score (nSPS) is 13.1. The fourth-order valence-corrected chi connectivity index (χ4v) is 3.93. The Morgan fingerprint density at radius 3 is 2.08 bits per heavy atom. The number of aryl methyl sites for hydroxylation is 1. The molecule has 7 nitrogen and oxygen atoms in total. The molecule has 1 aromatic rings. The number of amides is 3. The first-order chi connectivity index (χ1) is 16.9. The Labute approximate surface area is 218 Å². The average Bonchev–Trinajstić information content (AvgIpc) is 2.79. The van der Waals surface area contributed by atoms with E-state index < -0.39 is 23.8 Å². The highest BCUT2D eigenvalue weighted by Crippen LogP contribution is 2.25. The van der Waals surface area contributed by atoms with Crippen LogP contribution in [-0.4, -0.2) is 47.5 Å². The molecule has 0 bridgehead atoms. The van der Waals surface area contributed by atoms with Crippen molar-refractivity contribution in [3.05, 3.63) is 35.4 Å². The second-order valence-corrected chi connectivity index (χ2v) is 10.9. The zero-order valence-corrected chi connectivity index (χ0v) is 23.8. The number of alkyl carbamates (subject to hydrolysis) is 1. The number of ether oxygens (including phenoxy) is 1. The quantitative estimate of drug-likeness (QED) is 0.315. The molecule has 1 rings (SSSR count). The zero-order valence-electron chi connectivity index (χ0n) is 23.8. The number of unbranched alkanes of at least 4 members (excludes halogenated alkanes) is 2. The molecule has 2 atom stereocenters. The third-order valence-electron chi connectivity index (χ3n) is 5.83. The molecule has 2 N–H and O–H groups in total. The van der Waals surface area contributed by atoms with Gasteiger partial charge in [-0.1, -0.05) is 71.7 Å². The molecule has 0 spiro atoms. The third-order valence-corrected chi connectivity index (χ3v) is 5.83. The van der Waals surface area contributed by atoms with E-state index in [9.17, 15) is 14.4 Å². The Hall–Kier alpha value is -2.57. The van der Waals surface area contributed by atoms with Crippen molar-refractivity contribution in [2.45, 2.75) is 112 Å². The van der Waals surface area contributed by atoms with Gasteiger partial charge in [-0.15, -0.1) is 0 Å². The molecule has 0 saturated heterocycles. The van der Waals surface area contributed by atoms with E-state index in [1.54, 1.807) is 25.7 Å². The van der Waals surface area contributed by atoms with Crippen molar-refractivity contribution < 1.29 is 19.1 Å². The van der Waals surface area contributed by atoms with Gasteiger partial charge in [-0.05, 0) is 63.5 Å². The summed E-state index contributed by atoms with van der Waals surface area (Å²) in [7, 11) is 0. The van der Waals surface area contributed by atoms with Crippen molar-refractivity contribution in [1.29, 1.82) is 0 Å². The minimum absolute atomic E-state index is 0.155. The van der Waals surface area contributed by atoms with Crippen LogP contribution in [-0.2, 0) is 20.7 Å². The Balaban J connectivity index is 3.42. The number of hydrogen-bond acceptors (Lipinski definition) is 4. The standard InChI is InChI=1S/C29H49N3O4/c1-9-12-18-30-26(33)25(23-16-14-22(11-3)15-17-23)32(19-13-10-2)27(34)24(20-21(4)5)31-28(35)36-29(6,7)8/h14-17,21,24-25H,9-13,18-20H2,1-8H3,(H,30,33)(H,31,35). The van der Waals surface area contributed by atoms with Gasteiger partial charge in [0, 0.05) is 13.1 Å². The van der Waals surface area contributed by atoms with E-state index in [1.165, 1.54) is 5.56 Å². The van der Waals surface area contributed by atoms with Crippen molar-refractivity contribution in [2.75, 3.05) is 13.1 Å². The van der Waals surface area contributed by atoms with Crippen LogP contribution in [0.25, 0.3) is 0 Å². The molecule has 0 heterocycles. The number of nitrogens with zero attached hydrogens (tertiary/aromatic N) is 1. The zero-order chi connectivity index (χ0) is 27.3. The van der Waals surface area contributed by atoms with Crippen molar-refractivity contribution in [3.63, 3.8) is 0 Å². The molecule has 0 aliphatic heterocycles. The first-order valence-electron chi connectivity index (χ1n) is 13.6. The lowest BCUT2D eigenvalue weighted by molar-refractivity contribution is -0.142. The molecular weight excluding hydrogens is 454 g/mol. The van der Waals surface area contributed by atoms with Crippen LogP contribution in [0.1, 0.15) is 105 Å². The van der Waals surface area contributed by atoms with Crippen LogP contribution in [0.5, 0.6) is 0 Å². The first-order valence-corrected chi connectivity index (χ1v) is 13.6. The monoisotopic (exact) mass is 503 g/mol. The molecule has 204 valence electrons. The van der Waals surface area contributed by atoms with E-state index in [4.69, 9.17) is 4.74 Å². The van der Waals surface area contributed by atoms with Gasteiger partial charge >= 0.3 is 6.09 Å². The Bertz CT molecular complexity index is 815. The summed E-state index contributed by atoms with van der Waals surface area (Å²) in [5.41, 5.74) is 1.26. The highest BCUT2D eigenvalue weighted by atomic mass is 16.6. The van der Waals surface area contributed by atoms with Crippen molar-refractivity contribution in [3.8, 4) is 0 Å². The van der Waals surface area contributed by atoms with E-state index in [-0.39, 0.29) is 17.7 Å². The summed E-state index contributed by atoms with van der Waals surface area (Å²) < 4.78 is 5.44. The largest absolute Gasteiger partial charge is 0.444 e. The average molecular weight is 504 g/mol. The van der Waals surface area contributed by atoms with Crippen molar-refractivity contribution >= 4 is 17.9 Å². The Kier molecular flexibility index (Phi) is 13.6. The molecule has 3 amide bonds. The maximum Gasteiger partial charge on any atom is 0.408 e. The van der Waals surface area contributed by atoms with Gasteiger partial charge in [0.25, 0.3) is 0 Å². The van der Waals surface area contributed by atoms with E-state index in [2.05, 4.69) is 31.4 Å². The lowest BCUT2D eigenvalue weighted by atomic mass is 9.98. The Morgan fingerprint density at radius 2 is 1.58 bits per heavy atom. The summed E-state index contributed by atoms with van der Waals surface area (Å²) in [6, 6.07) is 6.32. The van der Waals surface area contributed by atoms with Crippen LogP contribution in [0, 0.1) is 5.92 Å². The predicted molar refractivity (Wildman–Crippen MR) is 146 cm³/mol. The molecule has 7 heteroatoms. The van der Waals surface area contributed by atoms with Gasteiger partial charge in [0.05, 0.1) is 0 Å². The third kappa shape index (κ3) is 11.0.